The summed E-state index contributed by atoms with van der Waals surface area (Å²) in [6.45, 7) is 3.06. The van der Waals surface area contributed by atoms with Crippen LogP contribution in [0.2, 0.25) is 0 Å². The topological polar surface area (TPSA) is 89.3 Å². The van der Waals surface area contributed by atoms with Crippen molar-refractivity contribution in [3.63, 3.8) is 0 Å². The first-order valence-corrected chi connectivity index (χ1v) is 11.7. The van der Waals surface area contributed by atoms with Crippen LogP contribution in [0, 0.1) is 5.82 Å². The molecule has 8 nitrogen and oxygen atoms in total. The molecule has 1 aromatic carbocycles. The number of nitrogens with zero attached hydrogens (tertiary/aromatic N) is 4. The molecule has 0 aliphatic carbocycles. The third-order valence-electron chi connectivity index (χ3n) is 5.42. The number of carbonyl (C=O) groups excluding carboxylic acids is 2. The lowest BCUT2D eigenvalue weighted by molar-refractivity contribution is -0.132. The van der Waals surface area contributed by atoms with Crippen LogP contribution in [0.4, 0.5) is 10.1 Å². The van der Waals surface area contributed by atoms with Gasteiger partial charge in [-0.25, -0.2) is 4.39 Å². The maximum atomic E-state index is 14.6. The van der Waals surface area contributed by atoms with Gasteiger partial charge in [-0.3, -0.25) is 9.59 Å². The molecule has 10 heteroatoms. The van der Waals surface area contributed by atoms with Gasteiger partial charge in [-0.2, -0.15) is 0 Å². The molecule has 1 saturated heterocycles. The number of halogens is 1. The summed E-state index contributed by atoms with van der Waals surface area (Å²) in [7, 11) is 0. The van der Waals surface area contributed by atoms with Gasteiger partial charge in [-0.1, -0.05) is 6.42 Å². The highest BCUT2D eigenvalue weighted by Crippen LogP contribution is 2.27. The zero-order valence-electron chi connectivity index (χ0n) is 17.3. The molecule has 2 aliphatic rings. The zero-order valence-corrected chi connectivity index (χ0v) is 18.1. The van der Waals surface area contributed by atoms with Crippen molar-refractivity contribution in [1.82, 2.24) is 19.7 Å². The number of morpholine rings is 1. The molecule has 0 atom stereocenters. The SMILES string of the molecule is O=C(CSCC(=O)N1CCOCC1)Nc1ccc(F)c(-c2nnc3n2CCCCC3)c1. The minimum Gasteiger partial charge on any atom is -0.378 e. The van der Waals surface area contributed by atoms with Crippen LogP contribution in [0.3, 0.4) is 0 Å². The Balaban J connectivity index is 1.36. The lowest BCUT2D eigenvalue weighted by Crippen LogP contribution is -2.41. The van der Waals surface area contributed by atoms with E-state index < -0.39 is 5.82 Å². The van der Waals surface area contributed by atoms with Gasteiger partial charge in [0.25, 0.3) is 0 Å². The number of thioether (sulfide) groups is 1. The van der Waals surface area contributed by atoms with Crippen LogP contribution in [-0.2, 0) is 27.3 Å². The average molecular weight is 448 g/mol. The van der Waals surface area contributed by atoms with Crippen LogP contribution in [0.5, 0.6) is 0 Å². The molecule has 1 aromatic heterocycles. The highest BCUT2D eigenvalue weighted by molar-refractivity contribution is 8.00. The third-order valence-corrected chi connectivity index (χ3v) is 6.34. The molecule has 166 valence electrons. The Morgan fingerprint density at radius 2 is 1.94 bits per heavy atom. The predicted molar refractivity (Wildman–Crippen MR) is 116 cm³/mol. The van der Waals surface area contributed by atoms with Crippen LogP contribution < -0.4 is 5.32 Å². The maximum Gasteiger partial charge on any atom is 0.234 e. The van der Waals surface area contributed by atoms with Crippen molar-refractivity contribution >= 4 is 29.3 Å². The number of rotatable bonds is 6. The molecule has 2 aromatic rings. The minimum absolute atomic E-state index is 0.0117. The van der Waals surface area contributed by atoms with Gasteiger partial charge in [0.1, 0.15) is 11.6 Å². The molecule has 2 aliphatic heterocycles. The summed E-state index contributed by atoms with van der Waals surface area (Å²) in [4.78, 5) is 26.2. The Morgan fingerprint density at radius 3 is 2.77 bits per heavy atom. The maximum absolute atomic E-state index is 14.6. The standard InChI is InChI=1S/C21H26FN5O3S/c22-17-6-5-15(12-16(17)21-25-24-18-4-2-1-3-7-27(18)21)23-19(28)13-31-14-20(29)26-8-10-30-11-9-26/h5-6,12H,1-4,7-11,13-14H2,(H,23,28). The predicted octanol–water partition coefficient (Wildman–Crippen LogP) is 2.34. The number of aromatic nitrogens is 3. The van der Waals surface area contributed by atoms with E-state index in [1.807, 2.05) is 4.57 Å². The Hall–Kier alpha value is -2.46. The van der Waals surface area contributed by atoms with Crippen LogP contribution in [0.1, 0.15) is 25.1 Å². The number of carbonyl (C=O) groups is 2. The summed E-state index contributed by atoms with van der Waals surface area (Å²) in [5, 5.41) is 11.2. The highest BCUT2D eigenvalue weighted by Gasteiger charge is 2.20. The lowest BCUT2D eigenvalue weighted by Gasteiger charge is -2.26. The van der Waals surface area contributed by atoms with E-state index >= 15 is 0 Å². The molecule has 0 radical (unpaired) electrons. The van der Waals surface area contributed by atoms with E-state index in [0.29, 0.717) is 43.4 Å². The molecule has 4 rings (SSSR count). The summed E-state index contributed by atoms with van der Waals surface area (Å²) < 4.78 is 21.8. The second-order valence-corrected chi connectivity index (χ2v) is 8.62. The van der Waals surface area contributed by atoms with E-state index in [1.165, 1.54) is 23.9 Å². The summed E-state index contributed by atoms with van der Waals surface area (Å²) >= 11 is 1.26. The first kappa shape index (κ1) is 21.8. The number of hydrogen-bond donors (Lipinski definition) is 1. The second-order valence-electron chi connectivity index (χ2n) is 7.63. The number of anilines is 1. The number of aryl methyl sites for hydroxylation is 1. The fourth-order valence-electron chi connectivity index (χ4n) is 3.79. The molecule has 1 N–H and O–H groups in total. The van der Waals surface area contributed by atoms with E-state index in [-0.39, 0.29) is 23.3 Å². The number of hydrogen-bond acceptors (Lipinski definition) is 6. The monoisotopic (exact) mass is 447 g/mol. The van der Waals surface area contributed by atoms with Gasteiger partial charge in [-0.05, 0) is 31.0 Å². The minimum atomic E-state index is -0.400. The van der Waals surface area contributed by atoms with Gasteiger partial charge in [0, 0.05) is 31.7 Å². The average Bonchev–Trinajstić information content (AvgIpc) is 3.03. The van der Waals surface area contributed by atoms with Crippen molar-refractivity contribution in [2.75, 3.05) is 43.1 Å². The Morgan fingerprint density at radius 1 is 1.10 bits per heavy atom. The van der Waals surface area contributed by atoms with Crippen molar-refractivity contribution in [2.45, 2.75) is 32.2 Å². The van der Waals surface area contributed by atoms with E-state index in [1.54, 1.807) is 11.0 Å². The smallest absolute Gasteiger partial charge is 0.234 e. The van der Waals surface area contributed by atoms with E-state index in [0.717, 1.165) is 38.1 Å². The van der Waals surface area contributed by atoms with Gasteiger partial charge < -0.3 is 19.5 Å². The first-order valence-electron chi connectivity index (χ1n) is 10.6. The molecule has 0 spiro atoms. The van der Waals surface area contributed by atoms with Gasteiger partial charge in [0.15, 0.2) is 5.82 Å². The third kappa shape index (κ3) is 5.43. The first-order chi connectivity index (χ1) is 15.1. The van der Waals surface area contributed by atoms with Crippen molar-refractivity contribution in [1.29, 1.82) is 0 Å². The van der Waals surface area contributed by atoms with Crippen LogP contribution in [0.25, 0.3) is 11.4 Å². The number of ether oxygens (including phenoxy) is 1. The molecule has 31 heavy (non-hydrogen) atoms. The summed E-state index contributed by atoms with van der Waals surface area (Å²) in [6, 6.07) is 4.46. The van der Waals surface area contributed by atoms with Crippen molar-refractivity contribution < 1.29 is 18.7 Å². The summed E-state index contributed by atoms with van der Waals surface area (Å²) in [6.07, 6.45) is 4.03. The Labute approximate surface area is 184 Å². The molecular weight excluding hydrogens is 421 g/mol. The number of fused-ring (bicyclic) bond motifs is 1. The molecule has 0 saturated carbocycles. The normalized spacial score (nSPS) is 16.5. The van der Waals surface area contributed by atoms with Crippen LogP contribution in [-0.4, -0.2) is 69.3 Å². The fourth-order valence-corrected chi connectivity index (χ4v) is 4.51. The second kappa shape index (κ2) is 10.2. The van der Waals surface area contributed by atoms with Crippen LogP contribution >= 0.6 is 11.8 Å². The van der Waals surface area contributed by atoms with Crippen molar-refractivity contribution in [3.8, 4) is 11.4 Å². The number of nitrogens with one attached hydrogen (secondary N) is 1. The van der Waals surface area contributed by atoms with E-state index in [2.05, 4.69) is 15.5 Å². The van der Waals surface area contributed by atoms with E-state index in [9.17, 15) is 14.0 Å². The lowest BCUT2D eigenvalue weighted by atomic mass is 10.1. The largest absolute Gasteiger partial charge is 0.378 e. The fraction of sp³-hybridized carbons (Fsp3) is 0.524. The van der Waals surface area contributed by atoms with E-state index in [4.69, 9.17) is 4.74 Å². The molecule has 3 heterocycles. The van der Waals surface area contributed by atoms with Gasteiger partial charge in [0.2, 0.25) is 11.8 Å². The number of benzene rings is 1. The Kier molecular flexibility index (Phi) is 7.18. The molecule has 1 fully saturated rings. The molecule has 0 bridgehead atoms. The Bertz CT molecular complexity index is 945. The summed E-state index contributed by atoms with van der Waals surface area (Å²) in [5.41, 5.74) is 0.820. The molecular formula is C21H26FN5O3S. The summed E-state index contributed by atoms with van der Waals surface area (Å²) in [5.74, 6) is 1.13. The molecule has 0 unspecified atom stereocenters. The van der Waals surface area contributed by atoms with Gasteiger partial charge in [-0.15, -0.1) is 22.0 Å². The number of amides is 2. The van der Waals surface area contributed by atoms with Crippen molar-refractivity contribution in [3.05, 3.63) is 29.8 Å². The van der Waals surface area contributed by atoms with Crippen LogP contribution in [0.15, 0.2) is 18.2 Å². The highest BCUT2D eigenvalue weighted by atomic mass is 32.2. The zero-order chi connectivity index (χ0) is 21.6. The van der Waals surface area contributed by atoms with Gasteiger partial charge >= 0.3 is 0 Å². The van der Waals surface area contributed by atoms with Gasteiger partial charge in [0.05, 0.1) is 30.3 Å². The quantitative estimate of drug-likeness (QED) is 0.731. The molecule has 2 amide bonds. The van der Waals surface area contributed by atoms with Crippen molar-refractivity contribution in [2.24, 2.45) is 0 Å².